The second-order valence-corrected chi connectivity index (χ2v) is 5.09. The van der Waals surface area contributed by atoms with E-state index in [1.165, 1.54) is 38.2 Å². The van der Waals surface area contributed by atoms with Crippen molar-refractivity contribution in [3.8, 4) is 0 Å². The second-order valence-electron chi connectivity index (χ2n) is 5.09. The number of hydrogen-bond donors (Lipinski definition) is 3. The average molecular weight is 290 g/mol. The Morgan fingerprint density at radius 2 is 1.86 bits per heavy atom. The molecule has 21 heavy (non-hydrogen) atoms. The predicted octanol–water partition coefficient (Wildman–Crippen LogP) is 3.98. The van der Waals surface area contributed by atoms with Crippen LogP contribution in [0.15, 0.2) is 30.3 Å². The smallest absolute Gasteiger partial charge is 0.267 e. The Morgan fingerprint density at radius 3 is 2.62 bits per heavy atom. The van der Waals surface area contributed by atoms with E-state index in [4.69, 9.17) is 5.21 Å². The number of unbranched alkanes of at least 4 members (excludes halogenated alkanes) is 5. The van der Waals surface area contributed by atoms with Gasteiger partial charge in [-0.2, -0.15) is 0 Å². The van der Waals surface area contributed by atoms with Gasteiger partial charge in [0.05, 0.1) is 0 Å². The molecule has 0 aliphatic rings. The van der Waals surface area contributed by atoms with E-state index < -0.39 is 5.91 Å². The molecule has 3 N–H and O–H groups in total. The maximum atomic E-state index is 11.0. The molecule has 0 atom stereocenters. The molecule has 0 aliphatic carbocycles. The Balaban J connectivity index is 2.37. The summed E-state index contributed by atoms with van der Waals surface area (Å²) in [5, 5.41) is 11.9. The molecule has 0 spiro atoms. The molecule has 4 heteroatoms. The van der Waals surface area contributed by atoms with Gasteiger partial charge in [-0.1, -0.05) is 57.2 Å². The molecule has 1 aromatic rings. The highest BCUT2D eigenvalue weighted by molar-refractivity contribution is 5.91. The van der Waals surface area contributed by atoms with Gasteiger partial charge in [0.1, 0.15) is 0 Å². The lowest BCUT2D eigenvalue weighted by Gasteiger charge is -2.09. The minimum absolute atomic E-state index is 0.527. The van der Waals surface area contributed by atoms with E-state index >= 15 is 0 Å². The van der Waals surface area contributed by atoms with Crippen LogP contribution in [0.3, 0.4) is 0 Å². The maximum Gasteiger partial charge on any atom is 0.267 e. The molecule has 0 unspecified atom stereocenters. The first-order valence-electron chi connectivity index (χ1n) is 7.73. The summed E-state index contributed by atoms with van der Waals surface area (Å²) in [5.41, 5.74) is 3.53. The van der Waals surface area contributed by atoms with Gasteiger partial charge >= 0.3 is 0 Å². The van der Waals surface area contributed by atoms with Crippen LogP contribution in [-0.4, -0.2) is 17.7 Å². The molecule has 116 valence electrons. The minimum Gasteiger partial charge on any atom is -0.385 e. The number of benzene rings is 1. The molecule has 0 heterocycles. The topological polar surface area (TPSA) is 61.4 Å². The number of hydroxylamine groups is 1. The molecule has 1 amide bonds. The van der Waals surface area contributed by atoms with Gasteiger partial charge in [0.25, 0.3) is 5.91 Å². The Hall–Kier alpha value is -1.81. The van der Waals surface area contributed by atoms with E-state index in [0.29, 0.717) is 0 Å². The Bertz CT molecular complexity index is 444. The average Bonchev–Trinajstić information content (AvgIpc) is 2.52. The van der Waals surface area contributed by atoms with Crippen molar-refractivity contribution in [3.63, 3.8) is 0 Å². The SMILES string of the molecule is CCCCCCCCNc1ccccc1/C=C/C(=O)NO. The first kappa shape index (κ1) is 17.2. The zero-order valence-corrected chi connectivity index (χ0v) is 12.8. The molecule has 0 saturated carbocycles. The van der Waals surface area contributed by atoms with Gasteiger partial charge in [-0.3, -0.25) is 10.0 Å². The van der Waals surface area contributed by atoms with Crippen LogP contribution in [0.5, 0.6) is 0 Å². The van der Waals surface area contributed by atoms with Crippen LogP contribution in [0.1, 0.15) is 51.0 Å². The van der Waals surface area contributed by atoms with Gasteiger partial charge in [0, 0.05) is 18.3 Å². The Kier molecular flexibility index (Phi) is 8.96. The summed E-state index contributed by atoms with van der Waals surface area (Å²) in [6.45, 7) is 3.16. The zero-order chi connectivity index (χ0) is 15.3. The highest BCUT2D eigenvalue weighted by Crippen LogP contribution is 2.17. The summed E-state index contributed by atoms with van der Waals surface area (Å²) in [4.78, 5) is 11.0. The van der Waals surface area contributed by atoms with Crippen LogP contribution in [0, 0.1) is 0 Å². The van der Waals surface area contributed by atoms with Crippen molar-refractivity contribution in [2.45, 2.75) is 45.4 Å². The summed E-state index contributed by atoms with van der Waals surface area (Å²) in [6.07, 6.45) is 10.6. The van der Waals surface area contributed by atoms with E-state index in [1.807, 2.05) is 24.3 Å². The largest absolute Gasteiger partial charge is 0.385 e. The van der Waals surface area contributed by atoms with Crippen molar-refractivity contribution in [1.29, 1.82) is 0 Å². The van der Waals surface area contributed by atoms with Gasteiger partial charge in [-0.25, -0.2) is 5.48 Å². The van der Waals surface area contributed by atoms with Crippen LogP contribution in [0.2, 0.25) is 0 Å². The second kappa shape index (κ2) is 10.9. The van der Waals surface area contributed by atoms with E-state index in [0.717, 1.165) is 24.2 Å². The number of carbonyl (C=O) groups is 1. The lowest BCUT2D eigenvalue weighted by molar-refractivity contribution is -0.124. The van der Waals surface area contributed by atoms with Gasteiger partial charge in [0.2, 0.25) is 0 Å². The van der Waals surface area contributed by atoms with Crippen molar-refractivity contribution >= 4 is 17.7 Å². The van der Waals surface area contributed by atoms with Crippen LogP contribution < -0.4 is 10.8 Å². The number of anilines is 1. The summed E-state index contributed by atoms with van der Waals surface area (Å²) in [5.74, 6) is -0.527. The summed E-state index contributed by atoms with van der Waals surface area (Å²) < 4.78 is 0. The van der Waals surface area contributed by atoms with E-state index in [1.54, 1.807) is 11.6 Å². The molecule has 1 aromatic carbocycles. The summed E-state index contributed by atoms with van der Waals surface area (Å²) in [6, 6.07) is 7.82. The van der Waals surface area contributed by atoms with E-state index in [-0.39, 0.29) is 0 Å². The van der Waals surface area contributed by atoms with Crippen LogP contribution in [-0.2, 0) is 4.79 Å². The molecule has 0 saturated heterocycles. The Morgan fingerprint density at radius 1 is 1.14 bits per heavy atom. The quantitative estimate of drug-likeness (QED) is 0.264. The van der Waals surface area contributed by atoms with Crippen LogP contribution >= 0.6 is 0 Å². The maximum absolute atomic E-state index is 11.0. The van der Waals surface area contributed by atoms with Crippen LogP contribution in [0.25, 0.3) is 6.08 Å². The van der Waals surface area contributed by atoms with Gasteiger partial charge in [0.15, 0.2) is 0 Å². The normalized spacial score (nSPS) is 10.8. The fourth-order valence-electron chi connectivity index (χ4n) is 2.13. The Labute approximate surface area is 127 Å². The highest BCUT2D eigenvalue weighted by Gasteiger charge is 1.99. The first-order chi connectivity index (χ1) is 10.3. The number of amides is 1. The van der Waals surface area contributed by atoms with Crippen molar-refractivity contribution in [2.24, 2.45) is 0 Å². The fraction of sp³-hybridized carbons (Fsp3) is 0.471. The third kappa shape index (κ3) is 7.51. The number of nitrogens with one attached hydrogen (secondary N) is 2. The molecule has 0 bridgehead atoms. The first-order valence-corrected chi connectivity index (χ1v) is 7.73. The number of hydrogen-bond acceptors (Lipinski definition) is 3. The fourth-order valence-corrected chi connectivity index (χ4v) is 2.13. The summed E-state index contributed by atoms with van der Waals surface area (Å²) in [7, 11) is 0. The molecule has 1 rings (SSSR count). The molecule has 0 aliphatic heterocycles. The number of carbonyl (C=O) groups excluding carboxylic acids is 1. The monoisotopic (exact) mass is 290 g/mol. The van der Waals surface area contributed by atoms with Crippen molar-refractivity contribution < 1.29 is 10.0 Å². The molecule has 0 fully saturated rings. The third-order valence-electron chi connectivity index (χ3n) is 3.33. The van der Waals surface area contributed by atoms with E-state index in [2.05, 4.69) is 12.2 Å². The minimum atomic E-state index is -0.527. The lowest BCUT2D eigenvalue weighted by atomic mass is 10.1. The van der Waals surface area contributed by atoms with Crippen molar-refractivity contribution in [1.82, 2.24) is 5.48 Å². The third-order valence-corrected chi connectivity index (χ3v) is 3.33. The van der Waals surface area contributed by atoms with E-state index in [9.17, 15) is 4.79 Å². The molecular formula is C17H26N2O2. The molecule has 0 radical (unpaired) electrons. The van der Waals surface area contributed by atoms with Crippen molar-refractivity contribution in [2.75, 3.05) is 11.9 Å². The molecule has 0 aromatic heterocycles. The van der Waals surface area contributed by atoms with Crippen LogP contribution in [0.4, 0.5) is 5.69 Å². The predicted molar refractivity (Wildman–Crippen MR) is 87.3 cm³/mol. The lowest BCUT2D eigenvalue weighted by Crippen LogP contribution is -2.14. The summed E-state index contributed by atoms with van der Waals surface area (Å²) >= 11 is 0. The van der Waals surface area contributed by atoms with Crippen molar-refractivity contribution in [3.05, 3.63) is 35.9 Å². The zero-order valence-electron chi connectivity index (χ0n) is 12.8. The molecular weight excluding hydrogens is 264 g/mol. The van der Waals surface area contributed by atoms with Gasteiger partial charge < -0.3 is 5.32 Å². The standard InChI is InChI=1S/C17H26N2O2/c1-2-3-4-5-6-9-14-18-16-11-8-7-10-15(16)12-13-17(20)19-21/h7-8,10-13,18,21H,2-6,9,14H2,1H3,(H,19,20)/b13-12+. The highest BCUT2D eigenvalue weighted by atomic mass is 16.5. The molecule has 4 nitrogen and oxygen atoms in total. The number of rotatable bonds is 10. The van der Waals surface area contributed by atoms with Gasteiger partial charge in [-0.05, 0) is 24.1 Å². The number of para-hydroxylation sites is 1. The van der Waals surface area contributed by atoms with Gasteiger partial charge in [-0.15, -0.1) is 0 Å².